The van der Waals surface area contributed by atoms with E-state index in [-0.39, 0.29) is 29.9 Å². The molecule has 8 heteroatoms. The third kappa shape index (κ3) is 4.28. The van der Waals surface area contributed by atoms with Crippen molar-refractivity contribution >= 4 is 28.5 Å². The van der Waals surface area contributed by atoms with E-state index in [4.69, 9.17) is 4.74 Å². The van der Waals surface area contributed by atoms with Crippen LogP contribution in [0.2, 0.25) is 0 Å². The standard InChI is InChI=1S/C20H20F3N3O2/c1-12(11-28-2)25-18-8-7-13(9-16(18)20(21,22)23)24-10-15-14-5-3-4-6-17(14)26-19(15)27/h3-10,12,24-25H,11H2,1-2H3,(H,26,27). The summed E-state index contributed by atoms with van der Waals surface area (Å²) in [5, 5.41) is 8.32. The monoisotopic (exact) mass is 391 g/mol. The van der Waals surface area contributed by atoms with Crippen LogP contribution in [0.5, 0.6) is 0 Å². The fraction of sp³-hybridized carbons (Fsp3) is 0.250. The van der Waals surface area contributed by atoms with Crippen molar-refractivity contribution in [1.29, 1.82) is 0 Å². The fourth-order valence-corrected chi connectivity index (χ4v) is 2.99. The number of halogens is 3. The Hall–Kier alpha value is -3.00. The molecule has 1 amide bonds. The molecule has 0 spiro atoms. The van der Waals surface area contributed by atoms with Crippen LogP contribution >= 0.6 is 0 Å². The predicted octanol–water partition coefficient (Wildman–Crippen LogP) is 4.56. The molecule has 0 aliphatic carbocycles. The lowest BCUT2D eigenvalue weighted by molar-refractivity contribution is -0.137. The van der Waals surface area contributed by atoms with Gasteiger partial charge in [-0.05, 0) is 31.2 Å². The number of benzene rings is 2. The van der Waals surface area contributed by atoms with E-state index in [1.54, 1.807) is 31.2 Å². The highest BCUT2D eigenvalue weighted by Gasteiger charge is 2.34. The van der Waals surface area contributed by atoms with Crippen LogP contribution in [0.4, 0.5) is 30.2 Å². The van der Waals surface area contributed by atoms with Gasteiger partial charge in [0.25, 0.3) is 5.91 Å². The molecule has 0 fully saturated rings. The molecule has 28 heavy (non-hydrogen) atoms. The molecule has 5 nitrogen and oxygen atoms in total. The Balaban J connectivity index is 1.86. The van der Waals surface area contributed by atoms with Gasteiger partial charge >= 0.3 is 6.18 Å². The summed E-state index contributed by atoms with van der Waals surface area (Å²) in [6.07, 6.45) is -3.12. The van der Waals surface area contributed by atoms with Crippen molar-refractivity contribution in [2.45, 2.75) is 19.1 Å². The smallest absolute Gasteiger partial charge is 0.383 e. The number of fused-ring (bicyclic) bond motifs is 1. The van der Waals surface area contributed by atoms with Gasteiger partial charge in [-0.2, -0.15) is 13.2 Å². The van der Waals surface area contributed by atoms with Gasteiger partial charge in [-0.25, -0.2) is 0 Å². The number of hydrogen-bond donors (Lipinski definition) is 3. The van der Waals surface area contributed by atoms with E-state index in [2.05, 4.69) is 16.0 Å². The van der Waals surface area contributed by atoms with Crippen LogP contribution in [0.25, 0.3) is 5.57 Å². The minimum absolute atomic E-state index is 0.0285. The number of alkyl halides is 3. The van der Waals surface area contributed by atoms with Crippen LogP contribution in [0.15, 0.2) is 48.7 Å². The summed E-state index contributed by atoms with van der Waals surface area (Å²) in [6.45, 7) is 2.01. The minimum atomic E-state index is -4.53. The number of rotatable bonds is 6. The highest BCUT2D eigenvalue weighted by molar-refractivity contribution is 6.31. The molecule has 1 atom stereocenters. The van der Waals surface area contributed by atoms with E-state index in [0.29, 0.717) is 16.8 Å². The molecular weight excluding hydrogens is 371 g/mol. The Bertz CT molecular complexity index is 910. The van der Waals surface area contributed by atoms with Gasteiger partial charge < -0.3 is 20.7 Å². The van der Waals surface area contributed by atoms with E-state index in [0.717, 1.165) is 6.07 Å². The van der Waals surface area contributed by atoms with E-state index < -0.39 is 11.7 Å². The number of nitrogens with one attached hydrogen (secondary N) is 3. The summed E-state index contributed by atoms with van der Waals surface area (Å²) >= 11 is 0. The molecule has 2 aromatic rings. The second kappa shape index (κ2) is 7.93. The molecule has 1 unspecified atom stereocenters. The zero-order chi connectivity index (χ0) is 20.3. The Labute approximate surface area is 160 Å². The number of amides is 1. The molecule has 2 aromatic carbocycles. The molecule has 0 bridgehead atoms. The number of para-hydroxylation sites is 1. The Morgan fingerprint density at radius 3 is 2.68 bits per heavy atom. The van der Waals surface area contributed by atoms with Crippen molar-refractivity contribution < 1.29 is 22.7 Å². The van der Waals surface area contributed by atoms with Crippen molar-refractivity contribution in [2.75, 3.05) is 29.7 Å². The van der Waals surface area contributed by atoms with Crippen LogP contribution in [-0.4, -0.2) is 25.7 Å². The summed E-state index contributed by atoms with van der Waals surface area (Å²) < 4.78 is 45.4. The molecule has 0 saturated heterocycles. The molecule has 3 N–H and O–H groups in total. The maximum absolute atomic E-state index is 13.5. The molecule has 0 radical (unpaired) electrons. The molecule has 0 aromatic heterocycles. The maximum atomic E-state index is 13.5. The number of methoxy groups -OCH3 is 1. The topological polar surface area (TPSA) is 62.4 Å². The average molecular weight is 391 g/mol. The van der Waals surface area contributed by atoms with Gasteiger partial charge in [-0.1, -0.05) is 18.2 Å². The van der Waals surface area contributed by atoms with Gasteiger partial charge in [0.1, 0.15) is 0 Å². The van der Waals surface area contributed by atoms with Crippen LogP contribution in [-0.2, 0) is 15.7 Å². The zero-order valence-corrected chi connectivity index (χ0v) is 15.4. The first kappa shape index (κ1) is 19.8. The van der Waals surface area contributed by atoms with Gasteiger partial charge in [0.2, 0.25) is 0 Å². The normalized spacial score (nSPS) is 15.9. The first-order valence-electron chi connectivity index (χ1n) is 8.64. The first-order chi connectivity index (χ1) is 13.3. The lowest BCUT2D eigenvalue weighted by Gasteiger charge is -2.19. The van der Waals surface area contributed by atoms with E-state index in [1.165, 1.54) is 25.4 Å². The summed E-state index contributed by atoms with van der Waals surface area (Å²) in [5.41, 5.74) is 1.13. The lowest BCUT2D eigenvalue weighted by Crippen LogP contribution is -2.23. The van der Waals surface area contributed by atoms with Crippen molar-refractivity contribution in [1.82, 2.24) is 0 Å². The van der Waals surface area contributed by atoms with Crippen LogP contribution in [0.3, 0.4) is 0 Å². The van der Waals surface area contributed by atoms with Crippen molar-refractivity contribution in [3.8, 4) is 0 Å². The lowest BCUT2D eigenvalue weighted by atomic mass is 10.1. The van der Waals surface area contributed by atoms with Crippen LogP contribution < -0.4 is 16.0 Å². The second-order valence-corrected chi connectivity index (χ2v) is 6.46. The van der Waals surface area contributed by atoms with Gasteiger partial charge in [0, 0.05) is 42.0 Å². The van der Waals surface area contributed by atoms with E-state index in [1.807, 2.05) is 0 Å². The molecule has 1 heterocycles. The van der Waals surface area contributed by atoms with Gasteiger partial charge in [0.15, 0.2) is 0 Å². The maximum Gasteiger partial charge on any atom is 0.418 e. The number of ether oxygens (including phenoxy) is 1. The minimum Gasteiger partial charge on any atom is -0.383 e. The van der Waals surface area contributed by atoms with Crippen LogP contribution in [0.1, 0.15) is 18.1 Å². The Kier molecular flexibility index (Phi) is 5.60. The Morgan fingerprint density at radius 2 is 1.96 bits per heavy atom. The summed E-state index contributed by atoms with van der Waals surface area (Å²) in [7, 11) is 1.49. The third-order valence-electron chi connectivity index (χ3n) is 4.24. The zero-order valence-electron chi connectivity index (χ0n) is 15.4. The molecule has 1 aliphatic rings. The van der Waals surface area contributed by atoms with Gasteiger partial charge in [0.05, 0.1) is 17.7 Å². The van der Waals surface area contributed by atoms with E-state index >= 15 is 0 Å². The molecule has 1 aliphatic heterocycles. The number of carbonyl (C=O) groups is 1. The molecule has 0 saturated carbocycles. The van der Waals surface area contributed by atoms with Crippen molar-refractivity contribution in [2.24, 2.45) is 0 Å². The molecule has 3 rings (SSSR count). The Morgan fingerprint density at radius 1 is 1.21 bits per heavy atom. The average Bonchev–Trinajstić information content (AvgIpc) is 2.95. The molecule has 148 valence electrons. The van der Waals surface area contributed by atoms with Gasteiger partial charge in [-0.3, -0.25) is 4.79 Å². The quantitative estimate of drug-likeness (QED) is 0.632. The van der Waals surface area contributed by atoms with E-state index in [9.17, 15) is 18.0 Å². The predicted molar refractivity (Wildman–Crippen MR) is 103 cm³/mol. The largest absolute Gasteiger partial charge is 0.418 e. The molecular formula is C20H20F3N3O2. The summed E-state index contributed by atoms with van der Waals surface area (Å²) in [6, 6.07) is 10.7. The SMILES string of the molecule is COCC(C)Nc1ccc(NC=C2C(=O)Nc3ccccc32)cc1C(F)(F)F. The number of anilines is 3. The highest BCUT2D eigenvalue weighted by Crippen LogP contribution is 2.37. The number of carbonyl (C=O) groups excluding carboxylic acids is 1. The first-order valence-corrected chi connectivity index (χ1v) is 8.64. The van der Waals surface area contributed by atoms with Crippen molar-refractivity contribution in [3.05, 3.63) is 59.8 Å². The number of hydrogen-bond acceptors (Lipinski definition) is 4. The van der Waals surface area contributed by atoms with Gasteiger partial charge in [-0.15, -0.1) is 0 Å². The summed E-state index contributed by atoms with van der Waals surface area (Å²) in [4.78, 5) is 12.1. The fourth-order valence-electron chi connectivity index (χ4n) is 2.99. The highest BCUT2D eigenvalue weighted by atomic mass is 19.4. The summed E-state index contributed by atoms with van der Waals surface area (Å²) in [5.74, 6) is -0.309. The van der Waals surface area contributed by atoms with Crippen LogP contribution in [0, 0.1) is 0 Å². The second-order valence-electron chi connectivity index (χ2n) is 6.46. The van der Waals surface area contributed by atoms with Crippen molar-refractivity contribution in [3.63, 3.8) is 0 Å². The third-order valence-corrected chi connectivity index (χ3v) is 4.24.